The number of nitrogens with zero attached hydrogens (tertiary/aromatic N) is 2. The Morgan fingerprint density at radius 1 is 1.20 bits per heavy atom. The molecule has 20 heavy (non-hydrogen) atoms. The summed E-state index contributed by atoms with van der Waals surface area (Å²) in [5, 5.41) is 12.4. The van der Waals surface area contributed by atoms with Crippen molar-refractivity contribution in [2.75, 3.05) is 13.7 Å². The van der Waals surface area contributed by atoms with E-state index in [1.54, 1.807) is 7.11 Å². The molecule has 5 heteroatoms. The number of likely N-dealkylation sites (N-methyl/N-ethyl adjacent to an activating group) is 1. The maximum Gasteiger partial charge on any atom is 0.233 e. The molecule has 0 amide bonds. The summed E-state index contributed by atoms with van der Waals surface area (Å²) in [7, 11) is 1.58. The van der Waals surface area contributed by atoms with Crippen LogP contribution in [0.5, 0.6) is 5.88 Å². The summed E-state index contributed by atoms with van der Waals surface area (Å²) in [6.07, 6.45) is 0.772. The zero-order chi connectivity index (χ0) is 14.4. The second-order valence-corrected chi connectivity index (χ2v) is 4.81. The van der Waals surface area contributed by atoms with Crippen LogP contribution >= 0.6 is 11.6 Å². The van der Waals surface area contributed by atoms with E-state index >= 15 is 0 Å². The number of hydrogen-bond acceptors (Lipinski definition) is 4. The summed E-state index contributed by atoms with van der Waals surface area (Å²) < 4.78 is 5.03. The summed E-state index contributed by atoms with van der Waals surface area (Å²) in [5.74, 6) is 0.516. The van der Waals surface area contributed by atoms with Crippen LogP contribution in [0.15, 0.2) is 36.4 Å². The van der Waals surface area contributed by atoms with Gasteiger partial charge < -0.3 is 10.1 Å². The van der Waals surface area contributed by atoms with E-state index in [9.17, 15) is 0 Å². The van der Waals surface area contributed by atoms with Crippen molar-refractivity contribution in [1.29, 1.82) is 0 Å². The van der Waals surface area contributed by atoms with Gasteiger partial charge in [0.2, 0.25) is 5.88 Å². The maximum atomic E-state index is 6.22. The monoisotopic (exact) mass is 291 g/mol. The Labute approximate surface area is 124 Å². The number of aromatic nitrogens is 2. The zero-order valence-corrected chi connectivity index (χ0v) is 12.4. The Kier molecular flexibility index (Phi) is 5.32. The van der Waals surface area contributed by atoms with E-state index < -0.39 is 0 Å². The van der Waals surface area contributed by atoms with Gasteiger partial charge >= 0.3 is 0 Å². The minimum Gasteiger partial charge on any atom is -0.480 e. The van der Waals surface area contributed by atoms with Crippen LogP contribution in [-0.2, 0) is 6.42 Å². The summed E-state index contributed by atoms with van der Waals surface area (Å²) in [4.78, 5) is 0. The molecule has 2 rings (SSSR count). The topological polar surface area (TPSA) is 47.0 Å². The highest BCUT2D eigenvalue weighted by atomic mass is 35.5. The van der Waals surface area contributed by atoms with Gasteiger partial charge in [0.05, 0.1) is 18.8 Å². The van der Waals surface area contributed by atoms with Crippen molar-refractivity contribution in [3.63, 3.8) is 0 Å². The number of halogens is 1. The molecule has 0 aliphatic rings. The second-order valence-electron chi connectivity index (χ2n) is 4.41. The van der Waals surface area contributed by atoms with Crippen molar-refractivity contribution in [2.24, 2.45) is 0 Å². The second kappa shape index (κ2) is 7.22. The first kappa shape index (κ1) is 14.8. The average molecular weight is 292 g/mol. The number of hydrogen-bond donors (Lipinski definition) is 1. The van der Waals surface area contributed by atoms with Crippen molar-refractivity contribution in [2.45, 2.75) is 19.4 Å². The van der Waals surface area contributed by atoms with Crippen molar-refractivity contribution < 1.29 is 4.74 Å². The molecular weight excluding hydrogens is 274 g/mol. The Balaban J connectivity index is 2.19. The summed E-state index contributed by atoms with van der Waals surface area (Å²) in [6, 6.07) is 11.7. The highest BCUT2D eigenvalue weighted by Crippen LogP contribution is 2.22. The average Bonchev–Trinajstić information content (AvgIpc) is 2.49. The molecule has 106 valence electrons. The lowest BCUT2D eigenvalue weighted by molar-refractivity contribution is 0.389. The van der Waals surface area contributed by atoms with Crippen molar-refractivity contribution >= 4 is 11.6 Å². The Morgan fingerprint density at radius 3 is 2.60 bits per heavy atom. The third kappa shape index (κ3) is 3.68. The standard InChI is InChI=1S/C15H18ClN3O/c1-3-17-14(10-11-6-4-5-7-12(11)16)13-8-9-15(20-2)19-18-13/h4-9,14,17H,3,10H2,1-2H3. The maximum absolute atomic E-state index is 6.22. The lowest BCUT2D eigenvalue weighted by Crippen LogP contribution is -2.24. The van der Waals surface area contributed by atoms with E-state index in [4.69, 9.17) is 16.3 Å². The SMILES string of the molecule is CCNC(Cc1ccccc1Cl)c1ccc(OC)nn1. The van der Waals surface area contributed by atoms with E-state index in [0.717, 1.165) is 29.2 Å². The molecule has 0 fully saturated rings. The Bertz CT molecular complexity index is 545. The van der Waals surface area contributed by atoms with Gasteiger partial charge in [0.15, 0.2) is 0 Å². The van der Waals surface area contributed by atoms with Crippen LogP contribution in [0.4, 0.5) is 0 Å². The molecular formula is C15H18ClN3O. The number of rotatable bonds is 6. The van der Waals surface area contributed by atoms with Gasteiger partial charge in [-0.2, -0.15) is 5.10 Å². The lowest BCUT2D eigenvalue weighted by Gasteiger charge is -2.17. The number of nitrogens with one attached hydrogen (secondary N) is 1. The van der Waals surface area contributed by atoms with Crippen molar-refractivity contribution in [3.8, 4) is 5.88 Å². The number of ether oxygens (including phenoxy) is 1. The van der Waals surface area contributed by atoms with Crippen molar-refractivity contribution in [1.82, 2.24) is 15.5 Å². The first-order valence-corrected chi connectivity index (χ1v) is 6.96. The van der Waals surface area contributed by atoms with Gasteiger partial charge in [0, 0.05) is 11.1 Å². The fraction of sp³-hybridized carbons (Fsp3) is 0.333. The molecule has 1 N–H and O–H groups in total. The Morgan fingerprint density at radius 2 is 2.00 bits per heavy atom. The van der Waals surface area contributed by atoms with Gasteiger partial charge in [-0.1, -0.05) is 36.7 Å². The third-order valence-electron chi connectivity index (χ3n) is 3.06. The molecule has 2 aromatic rings. The molecule has 0 saturated heterocycles. The van der Waals surface area contributed by atoms with E-state index in [2.05, 4.69) is 22.4 Å². The van der Waals surface area contributed by atoms with Gasteiger partial charge in [0.1, 0.15) is 0 Å². The quantitative estimate of drug-likeness (QED) is 0.889. The third-order valence-corrected chi connectivity index (χ3v) is 3.43. The highest BCUT2D eigenvalue weighted by Gasteiger charge is 2.15. The summed E-state index contributed by atoms with van der Waals surface area (Å²) in [6.45, 7) is 2.92. The van der Waals surface area contributed by atoms with Crippen LogP contribution in [-0.4, -0.2) is 23.9 Å². The molecule has 0 saturated carbocycles. The van der Waals surface area contributed by atoms with Crippen LogP contribution in [0.2, 0.25) is 5.02 Å². The highest BCUT2D eigenvalue weighted by molar-refractivity contribution is 6.31. The smallest absolute Gasteiger partial charge is 0.233 e. The fourth-order valence-corrected chi connectivity index (χ4v) is 2.25. The molecule has 1 aromatic carbocycles. The first-order chi connectivity index (χ1) is 9.74. The van der Waals surface area contributed by atoms with Crippen LogP contribution in [0, 0.1) is 0 Å². The first-order valence-electron chi connectivity index (χ1n) is 6.59. The van der Waals surface area contributed by atoms with Gasteiger partial charge in [-0.25, -0.2) is 0 Å². The van der Waals surface area contributed by atoms with E-state index in [-0.39, 0.29) is 6.04 Å². The lowest BCUT2D eigenvalue weighted by atomic mass is 10.0. The van der Waals surface area contributed by atoms with Gasteiger partial charge in [0.25, 0.3) is 0 Å². The van der Waals surface area contributed by atoms with Gasteiger partial charge in [-0.3, -0.25) is 0 Å². The van der Waals surface area contributed by atoms with Gasteiger partial charge in [-0.05, 0) is 30.7 Å². The van der Waals surface area contributed by atoms with E-state index in [1.165, 1.54) is 0 Å². The molecule has 0 radical (unpaired) electrons. The molecule has 0 spiro atoms. The van der Waals surface area contributed by atoms with E-state index in [0.29, 0.717) is 5.88 Å². The minimum atomic E-state index is 0.0818. The molecule has 4 nitrogen and oxygen atoms in total. The van der Waals surface area contributed by atoms with Crippen LogP contribution in [0.1, 0.15) is 24.2 Å². The van der Waals surface area contributed by atoms with E-state index in [1.807, 2.05) is 36.4 Å². The molecule has 0 bridgehead atoms. The molecule has 1 atom stereocenters. The van der Waals surface area contributed by atoms with Crippen LogP contribution in [0.25, 0.3) is 0 Å². The molecule has 1 heterocycles. The minimum absolute atomic E-state index is 0.0818. The number of benzene rings is 1. The van der Waals surface area contributed by atoms with Crippen LogP contribution < -0.4 is 10.1 Å². The number of methoxy groups -OCH3 is 1. The predicted octanol–water partition coefficient (Wildman–Crippen LogP) is 3.03. The summed E-state index contributed by atoms with van der Waals surface area (Å²) >= 11 is 6.22. The molecule has 0 aliphatic heterocycles. The molecule has 1 aromatic heterocycles. The van der Waals surface area contributed by atoms with Gasteiger partial charge in [-0.15, -0.1) is 5.10 Å². The normalized spacial score (nSPS) is 12.2. The molecule has 0 aliphatic carbocycles. The zero-order valence-electron chi connectivity index (χ0n) is 11.6. The largest absolute Gasteiger partial charge is 0.480 e. The molecule has 1 unspecified atom stereocenters. The Hall–Kier alpha value is -1.65. The fourth-order valence-electron chi connectivity index (χ4n) is 2.04. The van der Waals surface area contributed by atoms with Crippen LogP contribution in [0.3, 0.4) is 0 Å². The summed E-state index contributed by atoms with van der Waals surface area (Å²) in [5.41, 5.74) is 1.98. The van der Waals surface area contributed by atoms with Crippen molar-refractivity contribution in [3.05, 3.63) is 52.7 Å². The predicted molar refractivity (Wildman–Crippen MR) is 80.2 cm³/mol.